The van der Waals surface area contributed by atoms with Gasteiger partial charge in [0.05, 0.1) is 16.9 Å². The molecule has 2 atom stereocenters. The van der Waals surface area contributed by atoms with E-state index in [1.807, 2.05) is 0 Å². The maximum absolute atomic E-state index is 13.1. The van der Waals surface area contributed by atoms with Crippen molar-refractivity contribution in [3.05, 3.63) is 46.3 Å². The van der Waals surface area contributed by atoms with Crippen molar-refractivity contribution in [2.75, 3.05) is 6.54 Å². The number of nitrogens with one attached hydrogen (secondary N) is 1. The fourth-order valence-electron chi connectivity index (χ4n) is 2.60. The number of hydrogen-bond donors (Lipinski definition) is 1. The van der Waals surface area contributed by atoms with E-state index in [1.54, 1.807) is 6.92 Å². The van der Waals surface area contributed by atoms with Crippen LogP contribution in [0.2, 0.25) is 5.02 Å². The molecule has 1 aromatic heterocycles. The molecule has 1 aromatic carbocycles. The summed E-state index contributed by atoms with van der Waals surface area (Å²) in [6.45, 7) is 1.86. The van der Waals surface area contributed by atoms with E-state index in [0.717, 1.165) is 6.07 Å². The zero-order valence-electron chi connectivity index (χ0n) is 13.4. The molecule has 0 aliphatic carbocycles. The molecule has 3 rings (SSSR count). The Morgan fingerprint density at radius 2 is 2.20 bits per heavy atom. The highest BCUT2D eigenvalue weighted by molar-refractivity contribution is 7.88. The Labute approximate surface area is 149 Å². The van der Waals surface area contributed by atoms with Gasteiger partial charge in [-0.25, -0.2) is 17.5 Å². The second-order valence-electron chi connectivity index (χ2n) is 5.86. The minimum Gasteiger partial charge on any atom is -0.364 e. The highest BCUT2D eigenvalue weighted by Gasteiger charge is 2.31. The summed E-state index contributed by atoms with van der Waals surface area (Å²) in [5.41, 5.74) is 0.408. The summed E-state index contributed by atoms with van der Waals surface area (Å²) in [5.74, 6) is 0.0633. The average Bonchev–Trinajstić information content (AvgIpc) is 3.17. The summed E-state index contributed by atoms with van der Waals surface area (Å²) in [7, 11) is -3.59. The number of sulfonamides is 1. The first-order chi connectivity index (χ1) is 11.8. The Morgan fingerprint density at radius 3 is 2.88 bits per heavy atom. The van der Waals surface area contributed by atoms with Gasteiger partial charge in [0, 0.05) is 6.54 Å². The van der Waals surface area contributed by atoms with Gasteiger partial charge < -0.3 is 9.26 Å². The van der Waals surface area contributed by atoms with Crippen LogP contribution >= 0.6 is 11.6 Å². The van der Waals surface area contributed by atoms with Crippen molar-refractivity contribution in [1.82, 2.24) is 14.9 Å². The molecule has 25 heavy (non-hydrogen) atoms. The van der Waals surface area contributed by atoms with Gasteiger partial charge >= 0.3 is 0 Å². The molecule has 2 heterocycles. The smallest absolute Gasteiger partial charge is 0.255 e. The maximum atomic E-state index is 13.1. The van der Waals surface area contributed by atoms with Gasteiger partial charge in [-0.3, -0.25) is 0 Å². The Morgan fingerprint density at radius 1 is 1.40 bits per heavy atom. The fourth-order valence-corrected chi connectivity index (χ4v) is 3.96. The summed E-state index contributed by atoms with van der Waals surface area (Å²) in [6, 6.07) is 3.83. The van der Waals surface area contributed by atoms with Gasteiger partial charge in [0.2, 0.25) is 10.0 Å². The van der Waals surface area contributed by atoms with Crippen LogP contribution in [0.5, 0.6) is 0 Å². The van der Waals surface area contributed by atoms with Crippen molar-refractivity contribution in [2.45, 2.75) is 37.7 Å². The molecule has 2 aromatic rings. The van der Waals surface area contributed by atoms with Crippen molar-refractivity contribution in [1.29, 1.82) is 0 Å². The number of aromatic nitrogens is 2. The summed E-state index contributed by atoms with van der Waals surface area (Å²) in [5, 5.41) is 3.61. The van der Waals surface area contributed by atoms with Crippen LogP contribution in [0, 0.1) is 12.7 Å². The molecule has 1 aliphatic rings. The summed E-state index contributed by atoms with van der Waals surface area (Å²) in [6.07, 6.45) is 0.772. The molecule has 1 N–H and O–H groups in total. The third-order valence-electron chi connectivity index (χ3n) is 3.80. The molecule has 1 aliphatic heterocycles. The highest BCUT2D eigenvalue weighted by atomic mass is 35.5. The fraction of sp³-hybridized carbons (Fsp3) is 0.467. The van der Waals surface area contributed by atoms with Crippen LogP contribution in [0.3, 0.4) is 0 Å². The lowest BCUT2D eigenvalue weighted by atomic mass is 10.2. The van der Waals surface area contributed by atoms with E-state index in [0.29, 0.717) is 30.1 Å². The van der Waals surface area contributed by atoms with Gasteiger partial charge in [0.15, 0.2) is 5.82 Å². The van der Waals surface area contributed by atoms with E-state index in [2.05, 4.69) is 14.9 Å². The van der Waals surface area contributed by atoms with Crippen molar-refractivity contribution < 1.29 is 22.1 Å². The molecule has 1 fully saturated rings. The van der Waals surface area contributed by atoms with Crippen molar-refractivity contribution in [2.24, 2.45) is 0 Å². The third kappa shape index (κ3) is 4.75. The number of rotatable bonds is 6. The predicted octanol–water partition coefficient (Wildman–Crippen LogP) is 2.51. The largest absolute Gasteiger partial charge is 0.364 e. The number of ether oxygens (including phenoxy) is 1. The van der Waals surface area contributed by atoms with Crippen LogP contribution in [-0.4, -0.2) is 31.2 Å². The van der Waals surface area contributed by atoms with E-state index >= 15 is 0 Å². The zero-order chi connectivity index (χ0) is 18.0. The Bertz CT molecular complexity index is 858. The zero-order valence-corrected chi connectivity index (χ0v) is 15.0. The topological polar surface area (TPSA) is 94.3 Å². The second kappa shape index (κ2) is 7.36. The SMILES string of the molecule is Cc1noc([C@@H]2CC[C@H](CNS(=O)(=O)Cc3ccc(F)c(Cl)c3)O2)n1. The predicted molar refractivity (Wildman–Crippen MR) is 87.9 cm³/mol. The molecule has 0 amide bonds. The highest BCUT2D eigenvalue weighted by Crippen LogP contribution is 2.31. The van der Waals surface area contributed by atoms with Crippen molar-refractivity contribution in [3.63, 3.8) is 0 Å². The van der Waals surface area contributed by atoms with Crippen LogP contribution in [0.1, 0.15) is 36.2 Å². The quantitative estimate of drug-likeness (QED) is 0.815. The van der Waals surface area contributed by atoms with Crippen molar-refractivity contribution >= 4 is 21.6 Å². The van der Waals surface area contributed by atoms with Gasteiger partial charge in [0.1, 0.15) is 11.9 Å². The summed E-state index contributed by atoms with van der Waals surface area (Å²) >= 11 is 5.67. The Balaban J connectivity index is 1.53. The first kappa shape index (κ1) is 18.2. The minimum absolute atomic E-state index is 0.107. The molecular weight excluding hydrogens is 373 g/mol. The average molecular weight is 390 g/mol. The van der Waals surface area contributed by atoms with Crippen molar-refractivity contribution in [3.8, 4) is 0 Å². The lowest BCUT2D eigenvalue weighted by Gasteiger charge is -2.13. The number of benzene rings is 1. The van der Waals surface area contributed by atoms with E-state index in [4.69, 9.17) is 20.9 Å². The number of hydrogen-bond acceptors (Lipinski definition) is 6. The summed E-state index contributed by atoms with van der Waals surface area (Å²) < 4.78 is 50.8. The lowest BCUT2D eigenvalue weighted by molar-refractivity contribution is 0.0290. The van der Waals surface area contributed by atoms with Gasteiger partial charge in [-0.1, -0.05) is 22.8 Å². The minimum atomic E-state index is -3.59. The summed E-state index contributed by atoms with van der Waals surface area (Å²) in [4.78, 5) is 4.12. The van der Waals surface area contributed by atoms with Gasteiger partial charge in [-0.15, -0.1) is 0 Å². The molecule has 136 valence electrons. The van der Waals surface area contributed by atoms with Crippen LogP contribution in [0.25, 0.3) is 0 Å². The lowest BCUT2D eigenvalue weighted by Crippen LogP contribution is -2.32. The van der Waals surface area contributed by atoms with Crippen LogP contribution in [0.15, 0.2) is 22.7 Å². The number of halogens is 2. The van der Waals surface area contributed by atoms with E-state index < -0.39 is 15.8 Å². The number of aryl methyl sites for hydroxylation is 1. The number of nitrogens with zero attached hydrogens (tertiary/aromatic N) is 2. The normalized spacial score (nSPS) is 20.9. The first-order valence-corrected chi connectivity index (χ1v) is 9.72. The molecule has 0 unspecified atom stereocenters. The third-order valence-corrected chi connectivity index (χ3v) is 5.41. The van der Waals surface area contributed by atoms with Gasteiger partial charge in [0.25, 0.3) is 5.89 Å². The van der Waals surface area contributed by atoms with Gasteiger partial charge in [-0.2, -0.15) is 4.98 Å². The molecular formula is C15H17ClFN3O4S. The maximum Gasteiger partial charge on any atom is 0.255 e. The molecule has 10 heteroatoms. The van der Waals surface area contributed by atoms with Crippen LogP contribution in [0.4, 0.5) is 4.39 Å². The molecule has 0 radical (unpaired) electrons. The molecule has 0 saturated carbocycles. The Hall–Kier alpha value is -1.55. The molecule has 0 spiro atoms. The van der Waals surface area contributed by atoms with E-state index in [9.17, 15) is 12.8 Å². The second-order valence-corrected chi connectivity index (χ2v) is 8.07. The first-order valence-electron chi connectivity index (χ1n) is 7.69. The van der Waals surface area contributed by atoms with Gasteiger partial charge in [-0.05, 0) is 37.5 Å². The van der Waals surface area contributed by atoms with E-state index in [1.165, 1.54) is 12.1 Å². The van der Waals surface area contributed by atoms with Crippen LogP contribution < -0.4 is 4.72 Å². The molecule has 1 saturated heterocycles. The molecule has 0 bridgehead atoms. The molecule has 7 nitrogen and oxygen atoms in total. The van der Waals surface area contributed by atoms with E-state index in [-0.39, 0.29) is 29.5 Å². The Kier molecular flexibility index (Phi) is 5.38. The standard InChI is InChI=1S/C15H17ClFN3O4S/c1-9-19-15(24-20-9)14-5-3-11(23-14)7-18-25(21,22)8-10-2-4-13(17)12(16)6-10/h2,4,6,11,14,18H,3,5,7-8H2,1H3/t11-,14+/m1/s1. The monoisotopic (exact) mass is 389 g/mol. The van der Waals surface area contributed by atoms with Crippen LogP contribution in [-0.2, 0) is 20.5 Å².